The number of allylic oxidation sites excluding steroid dienone is 1. The first-order valence-electron chi connectivity index (χ1n) is 2.75. The fraction of sp³-hybridized carbons (Fsp3) is 0.400. The number of ether oxygens (including phenoxy) is 1. The highest BCUT2D eigenvalue weighted by atomic mass is 32.2. The number of sulfonamides is 1. The van der Waals surface area contributed by atoms with Crippen LogP contribution in [0.1, 0.15) is 6.92 Å². The van der Waals surface area contributed by atoms with Gasteiger partial charge in [-0.05, 0) is 6.92 Å². The lowest BCUT2D eigenvalue weighted by Gasteiger charge is -1.99. The van der Waals surface area contributed by atoms with Gasteiger partial charge in [-0.25, -0.2) is 17.9 Å². The summed E-state index contributed by atoms with van der Waals surface area (Å²) in [6, 6.07) is 0. The van der Waals surface area contributed by atoms with Crippen molar-refractivity contribution in [2.24, 2.45) is 0 Å². The number of hydrogen-bond donors (Lipinski definition) is 1. The molecule has 0 saturated heterocycles. The normalized spacial score (nSPS) is 11.5. The first-order valence-corrected chi connectivity index (χ1v) is 4.30. The van der Waals surface area contributed by atoms with Gasteiger partial charge in [0.1, 0.15) is 0 Å². The zero-order chi connectivity index (χ0) is 8.91. The van der Waals surface area contributed by atoms with E-state index < -0.39 is 16.1 Å². The van der Waals surface area contributed by atoms with E-state index >= 15 is 0 Å². The van der Waals surface area contributed by atoms with Crippen LogP contribution >= 0.6 is 0 Å². The molecule has 5 nitrogen and oxygen atoms in total. The van der Waals surface area contributed by atoms with Crippen LogP contribution in [0.3, 0.4) is 0 Å². The Kier molecular flexibility index (Phi) is 3.59. The summed E-state index contributed by atoms with van der Waals surface area (Å²) in [6.07, 6.45) is 0.300. The van der Waals surface area contributed by atoms with E-state index in [1.807, 2.05) is 0 Å². The van der Waals surface area contributed by atoms with E-state index in [2.05, 4.69) is 4.74 Å². The Labute approximate surface area is 65.1 Å². The summed E-state index contributed by atoms with van der Waals surface area (Å²) in [7, 11) is -2.56. The maximum Gasteiger partial charge on any atom is 0.420 e. The third kappa shape index (κ3) is 4.38. The van der Waals surface area contributed by atoms with E-state index in [1.54, 1.807) is 4.72 Å². The molecule has 0 aromatic heterocycles. The average molecular weight is 179 g/mol. The predicted molar refractivity (Wildman–Crippen MR) is 39.3 cm³/mol. The van der Waals surface area contributed by atoms with Gasteiger partial charge in [-0.1, -0.05) is 6.08 Å². The van der Waals surface area contributed by atoms with Gasteiger partial charge < -0.3 is 4.74 Å². The quantitative estimate of drug-likeness (QED) is 0.657. The number of amides is 1. The van der Waals surface area contributed by atoms with Crippen molar-refractivity contribution < 1.29 is 17.9 Å². The number of methoxy groups -OCH3 is 1. The van der Waals surface area contributed by atoms with E-state index in [4.69, 9.17) is 0 Å². The molecule has 0 atom stereocenters. The molecule has 0 bridgehead atoms. The molecule has 0 aromatic carbocycles. The highest BCUT2D eigenvalue weighted by molar-refractivity contribution is 7.92. The largest absolute Gasteiger partial charge is 0.452 e. The summed E-state index contributed by atoms with van der Waals surface area (Å²) in [4.78, 5) is 10.4. The van der Waals surface area contributed by atoms with Crippen LogP contribution in [0.5, 0.6) is 0 Å². The minimum Gasteiger partial charge on any atom is -0.452 e. The maximum atomic E-state index is 10.7. The molecule has 0 unspecified atom stereocenters. The fourth-order valence-electron chi connectivity index (χ4n) is 0.371. The Balaban J connectivity index is 4.26. The van der Waals surface area contributed by atoms with Crippen LogP contribution < -0.4 is 4.72 Å². The number of carbonyl (C=O) groups excluding carboxylic acids is 1. The summed E-state index contributed by atoms with van der Waals surface area (Å²) in [5.74, 6) is 0. The molecule has 0 aliphatic carbocycles. The van der Waals surface area contributed by atoms with Crippen molar-refractivity contribution in [3.05, 3.63) is 11.5 Å². The van der Waals surface area contributed by atoms with Gasteiger partial charge in [0.25, 0.3) is 10.0 Å². The second-order valence-electron chi connectivity index (χ2n) is 1.61. The van der Waals surface area contributed by atoms with Gasteiger partial charge in [0.2, 0.25) is 0 Å². The Morgan fingerprint density at radius 1 is 1.55 bits per heavy atom. The summed E-state index contributed by atoms with van der Waals surface area (Å²) in [6.45, 7) is 1.52. The molecule has 0 rings (SSSR count). The average Bonchev–Trinajstić information content (AvgIpc) is 1.86. The van der Waals surface area contributed by atoms with Gasteiger partial charge in [-0.2, -0.15) is 0 Å². The highest BCUT2D eigenvalue weighted by Crippen LogP contribution is 1.86. The molecule has 1 N–H and O–H groups in total. The molecule has 64 valence electrons. The van der Waals surface area contributed by atoms with Crippen molar-refractivity contribution in [2.75, 3.05) is 7.11 Å². The lowest BCUT2D eigenvalue weighted by molar-refractivity contribution is 0.178. The molecule has 0 spiro atoms. The molecule has 11 heavy (non-hydrogen) atoms. The Morgan fingerprint density at radius 2 is 2.09 bits per heavy atom. The van der Waals surface area contributed by atoms with Gasteiger partial charge in [0.15, 0.2) is 0 Å². The molecule has 6 heteroatoms. The van der Waals surface area contributed by atoms with Crippen LogP contribution in [-0.4, -0.2) is 21.6 Å². The van der Waals surface area contributed by atoms with Crippen LogP contribution in [0.2, 0.25) is 0 Å². The molecule has 0 fully saturated rings. The number of hydrogen-bond acceptors (Lipinski definition) is 4. The van der Waals surface area contributed by atoms with Crippen LogP contribution in [0.25, 0.3) is 0 Å². The molecule has 0 aliphatic heterocycles. The second kappa shape index (κ2) is 3.97. The minimum absolute atomic E-state index is 0.865. The van der Waals surface area contributed by atoms with Crippen molar-refractivity contribution in [1.29, 1.82) is 0 Å². The Morgan fingerprint density at radius 3 is 2.45 bits per heavy atom. The van der Waals surface area contributed by atoms with E-state index in [0.29, 0.717) is 0 Å². The fourth-order valence-corrected chi connectivity index (χ4v) is 1.11. The van der Waals surface area contributed by atoms with Crippen molar-refractivity contribution in [1.82, 2.24) is 4.72 Å². The smallest absolute Gasteiger partial charge is 0.420 e. The summed E-state index contributed by atoms with van der Waals surface area (Å²) < 4.78 is 27.1. The van der Waals surface area contributed by atoms with E-state index in [0.717, 1.165) is 12.5 Å². The molecular weight excluding hydrogens is 170 g/mol. The lowest BCUT2D eigenvalue weighted by atomic mass is 10.8. The molecule has 1 amide bonds. The number of carbonyl (C=O) groups is 1. The van der Waals surface area contributed by atoms with Crippen molar-refractivity contribution in [2.45, 2.75) is 6.92 Å². The molecule has 0 heterocycles. The summed E-state index contributed by atoms with van der Waals surface area (Å²) >= 11 is 0. The van der Waals surface area contributed by atoms with Crippen molar-refractivity contribution >= 4 is 16.1 Å². The third-order valence-corrected chi connectivity index (χ3v) is 1.81. The van der Waals surface area contributed by atoms with Gasteiger partial charge in [0.05, 0.1) is 7.11 Å². The Hall–Kier alpha value is -1.04. The second-order valence-corrected chi connectivity index (χ2v) is 3.17. The van der Waals surface area contributed by atoms with Gasteiger partial charge >= 0.3 is 6.09 Å². The monoisotopic (exact) mass is 179 g/mol. The van der Waals surface area contributed by atoms with Gasteiger partial charge in [0, 0.05) is 5.41 Å². The summed E-state index contributed by atoms with van der Waals surface area (Å²) in [5.41, 5.74) is 0. The SMILES string of the molecule is C/C=C\S(=O)(=O)NC(=O)OC. The predicted octanol–water partition coefficient (Wildman–Crippen LogP) is 0.206. The molecule has 0 aromatic rings. The summed E-state index contributed by atoms with van der Waals surface area (Å²) in [5, 5.41) is 0.865. The third-order valence-electron chi connectivity index (χ3n) is 0.726. The lowest BCUT2D eigenvalue weighted by Crippen LogP contribution is -2.28. The van der Waals surface area contributed by atoms with Crippen molar-refractivity contribution in [3.63, 3.8) is 0 Å². The topological polar surface area (TPSA) is 72.5 Å². The van der Waals surface area contributed by atoms with E-state index in [-0.39, 0.29) is 0 Å². The van der Waals surface area contributed by atoms with Crippen LogP contribution in [0.15, 0.2) is 11.5 Å². The zero-order valence-corrected chi connectivity index (χ0v) is 7.01. The molecule has 0 aliphatic rings. The first kappa shape index (κ1) is 9.96. The van der Waals surface area contributed by atoms with Gasteiger partial charge in [-0.15, -0.1) is 0 Å². The van der Waals surface area contributed by atoms with Gasteiger partial charge in [-0.3, -0.25) is 0 Å². The van der Waals surface area contributed by atoms with E-state index in [9.17, 15) is 13.2 Å². The highest BCUT2D eigenvalue weighted by Gasteiger charge is 2.08. The maximum absolute atomic E-state index is 10.7. The standard InChI is InChI=1S/C5H9NO4S/c1-3-4-11(8,9)6-5(7)10-2/h3-4H,1-2H3,(H,6,7)/b4-3-. The first-order chi connectivity index (χ1) is 5.02. The van der Waals surface area contributed by atoms with Crippen LogP contribution in [0, 0.1) is 0 Å². The Bertz CT molecular complexity index is 254. The van der Waals surface area contributed by atoms with Crippen LogP contribution in [-0.2, 0) is 14.8 Å². The van der Waals surface area contributed by atoms with Crippen LogP contribution in [0.4, 0.5) is 4.79 Å². The number of nitrogens with one attached hydrogen (secondary N) is 1. The van der Waals surface area contributed by atoms with E-state index in [1.165, 1.54) is 13.0 Å². The zero-order valence-electron chi connectivity index (χ0n) is 6.20. The van der Waals surface area contributed by atoms with Crippen molar-refractivity contribution in [3.8, 4) is 0 Å². The minimum atomic E-state index is -3.65. The molecule has 0 radical (unpaired) electrons. The molecule has 0 saturated carbocycles. The molecular formula is C5H9NO4S. The number of rotatable bonds is 2.